The number of aromatic nitrogens is 3. The molecule has 0 fully saturated rings. The third-order valence-corrected chi connectivity index (χ3v) is 5.60. The fraction of sp³-hybridized carbons (Fsp3) is 0.130. The highest BCUT2D eigenvalue weighted by molar-refractivity contribution is 7.99. The summed E-state index contributed by atoms with van der Waals surface area (Å²) in [5, 5.41) is 5.74. The lowest BCUT2D eigenvalue weighted by atomic mass is 10.3. The monoisotopic (exact) mass is 465 g/mol. The van der Waals surface area contributed by atoms with E-state index in [0.717, 1.165) is 17.5 Å². The molecule has 0 bridgehead atoms. The van der Waals surface area contributed by atoms with E-state index in [-0.39, 0.29) is 23.1 Å². The van der Waals surface area contributed by atoms with Gasteiger partial charge in [0.05, 0.1) is 17.0 Å². The van der Waals surface area contributed by atoms with Crippen LogP contribution in [0.2, 0.25) is 0 Å². The number of carbonyl (C=O) groups is 2. The molecular formula is C23H20FN5O3S. The van der Waals surface area contributed by atoms with E-state index >= 15 is 0 Å². The maximum absolute atomic E-state index is 13.4. The molecule has 4 aromatic rings. The van der Waals surface area contributed by atoms with Crippen molar-refractivity contribution in [1.82, 2.24) is 14.5 Å². The zero-order valence-electron chi connectivity index (χ0n) is 17.8. The molecule has 10 heteroatoms. The van der Waals surface area contributed by atoms with Crippen LogP contribution in [-0.4, -0.2) is 32.1 Å². The summed E-state index contributed by atoms with van der Waals surface area (Å²) < 4.78 is 14.8. The van der Waals surface area contributed by atoms with Gasteiger partial charge in [-0.05, 0) is 61.5 Å². The third-order valence-electron chi connectivity index (χ3n) is 4.66. The summed E-state index contributed by atoms with van der Waals surface area (Å²) in [5.74, 6) is -0.902. The molecule has 2 heterocycles. The van der Waals surface area contributed by atoms with Crippen LogP contribution in [0.15, 0.2) is 64.5 Å². The first-order chi connectivity index (χ1) is 15.8. The predicted molar refractivity (Wildman–Crippen MR) is 126 cm³/mol. The number of rotatable bonds is 6. The van der Waals surface area contributed by atoms with E-state index < -0.39 is 5.82 Å². The van der Waals surface area contributed by atoms with E-state index in [2.05, 4.69) is 20.6 Å². The molecule has 0 aliphatic rings. The second-order valence-electron chi connectivity index (χ2n) is 7.32. The number of aromatic amines is 1. The summed E-state index contributed by atoms with van der Waals surface area (Å²) in [6.07, 6.45) is 0. The molecule has 0 unspecified atom stereocenters. The number of anilines is 2. The number of aryl methyl sites for hydroxylation is 1. The quantitative estimate of drug-likeness (QED) is 0.296. The summed E-state index contributed by atoms with van der Waals surface area (Å²) in [7, 11) is 0. The number of amides is 2. The van der Waals surface area contributed by atoms with Crippen LogP contribution in [0.4, 0.5) is 15.8 Å². The Morgan fingerprint density at radius 2 is 1.70 bits per heavy atom. The van der Waals surface area contributed by atoms with Crippen LogP contribution in [0.3, 0.4) is 0 Å². The fourth-order valence-electron chi connectivity index (χ4n) is 3.26. The summed E-state index contributed by atoms with van der Waals surface area (Å²) in [4.78, 5) is 44.3. The summed E-state index contributed by atoms with van der Waals surface area (Å²) in [6.45, 7) is 3.24. The van der Waals surface area contributed by atoms with Crippen LogP contribution in [0, 0.1) is 12.7 Å². The van der Waals surface area contributed by atoms with Gasteiger partial charge in [-0.3, -0.25) is 19.0 Å². The number of benzene rings is 2. The zero-order chi connectivity index (χ0) is 23.5. The maximum Gasteiger partial charge on any atom is 0.283 e. The van der Waals surface area contributed by atoms with E-state index in [0.29, 0.717) is 33.3 Å². The van der Waals surface area contributed by atoms with Crippen molar-refractivity contribution >= 4 is 46.0 Å². The fourth-order valence-corrected chi connectivity index (χ4v) is 4.07. The molecule has 0 saturated carbocycles. The second kappa shape index (κ2) is 9.29. The summed E-state index contributed by atoms with van der Waals surface area (Å²) >= 11 is 1.10. The van der Waals surface area contributed by atoms with Gasteiger partial charge in [-0.1, -0.05) is 11.8 Å². The van der Waals surface area contributed by atoms with Gasteiger partial charge in [0.25, 0.3) is 5.56 Å². The van der Waals surface area contributed by atoms with Gasteiger partial charge in [0.2, 0.25) is 11.8 Å². The summed E-state index contributed by atoms with van der Waals surface area (Å²) in [5.41, 5.74) is 2.91. The molecular weight excluding hydrogens is 445 g/mol. The molecule has 168 valence electrons. The molecule has 0 atom stereocenters. The van der Waals surface area contributed by atoms with Gasteiger partial charge in [-0.15, -0.1) is 0 Å². The Labute approximate surface area is 192 Å². The second-order valence-corrected chi connectivity index (χ2v) is 8.26. The number of halogens is 1. The van der Waals surface area contributed by atoms with Crippen LogP contribution in [0.25, 0.3) is 16.7 Å². The molecule has 3 N–H and O–H groups in total. The van der Waals surface area contributed by atoms with Crippen LogP contribution in [0.5, 0.6) is 0 Å². The van der Waals surface area contributed by atoms with Crippen molar-refractivity contribution in [2.24, 2.45) is 0 Å². The van der Waals surface area contributed by atoms with Gasteiger partial charge >= 0.3 is 0 Å². The average Bonchev–Trinajstić information content (AvgIpc) is 3.15. The number of hydrogen-bond acceptors (Lipinski definition) is 5. The van der Waals surface area contributed by atoms with Gasteiger partial charge in [0.15, 0.2) is 5.16 Å². The van der Waals surface area contributed by atoms with Gasteiger partial charge in [-0.2, -0.15) is 0 Å². The van der Waals surface area contributed by atoms with Crippen LogP contribution in [-0.2, 0) is 9.59 Å². The largest absolute Gasteiger partial charge is 0.353 e. The Balaban J connectivity index is 1.57. The Morgan fingerprint density at radius 3 is 2.33 bits per heavy atom. The number of nitrogens with zero attached hydrogens (tertiary/aromatic N) is 2. The van der Waals surface area contributed by atoms with Gasteiger partial charge in [0, 0.05) is 24.0 Å². The molecule has 0 spiro atoms. The topological polar surface area (TPSA) is 109 Å². The Bertz CT molecular complexity index is 1390. The smallest absolute Gasteiger partial charge is 0.283 e. The van der Waals surface area contributed by atoms with Crippen molar-refractivity contribution in [3.8, 4) is 5.69 Å². The van der Waals surface area contributed by atoms with Crippen LogP contribution in [0.1, 0.15) is 12.6 Å². The highest BCUT2D eigenvalue weighted by atomic mass is 32.2. The standard InChI is InChI=1S/C23H20FN5O3S/c1-13-11-19-21(25-13)22(32)29(18-9-3-15(24)4-10-18)23(28-19)33-12-20(31)27-17-7-5-16(6-8-17)26-14(2)30/h3-11,25H,12H2,1-2H3,(H,26,30)(H,27,31). The lowest BCUT2D eigenvalue weighted by Gasteiger charge is -2.12. The molecule has 0 radical (unpaired) electrons. The average molecular weight is 466 g/mol. The van der Waals surface area contributed by atoms with E-state index in [1.54, 1.807) is 30.3 Å². The van der Waals surface area contributed by atoms with Crippen molar-refractivity contribution in [3.05, 3.63) is 76.5 Å². The minimum absolute atomic E-state index is 0.00397. The van der Waals surface area contributed by atoms with Gasteiger partial charge < -0.3 is 15.6 Å². The number of H-pyrrole nitrogens is 1. The lowest BCUT2D eigenvalue weighted by Crippen LogP contribution is -2.23. The van der Waals surface area contributed by atoms with Crippen LogP contribution >= 0.6 is 11.8 Å². The zero-order valence-corrected chi connectivity index (χ0v) is 18.6. The van der Waals surface area contributed by atoms with Gasteiger partial charge in [-0.25, -0.2) is 9.37 Å². The summed E-state index contributed by atoms with van der Waals surface area (Å²) in [6, 6.07) is 14.0. The minimum Gasteiger partial charge on any atom is -0.353 e. The molecule has 0 aliphatic carbocycles. The van der Waals surface area contributed by atoms with E-state index in [9.17, 15) is 18.8 Å². The van der Waals surface area contributed by atoms with Crippen LogP contribution < -0.4 is 16.2 Å². The number of nitrogens with one attached hydrogen (secondary N) is 3. The van der Waals surface area contributed by atoms with E-state index in [4.69, 9.17) is 0 Å². The van der Waals surface area contributed by atoms with E-state index in [1.165, 1.54) is 35.8 Å². The van der Waals surface area contributed by atoms with Crippen molar-refractivity contribution in [2.75, 3.05) is 16.4 Å². The maximum atomic E-state index is 13.4. The van der Waals surface area contributed by atoms with Crippen molar-refractivity contribution < 1.29 is 14.0 Å². The third kappa shape index (κ3) is 5.12. The SMILES string of the molecule is CC(=O)Nc1ccc(NC(=O)CSc2nc3cc(C)[nH]c3c(=O)n2-c2ccc(F)cc2)cc1. The predicted octanol–water partition coefficient (Wildman–Crippen LogP) is 3.85. The van der Waals surface area contributed by atoms with Crippen molar-refractivity contribution in [1.29, 1.82) is 0 Å². The molecule has 2 aromatic carbocycles. The molecule has 0 aliphatic heterocycles. The first-order valence-electron chi connectivity index (χ1n) is 9.99. The Kier molecular flexibility index (Phi) is 6.27. The van der Waals surface area contributed by atoms with Gasteiger partial charge in [0.1, 0.15) is 11.3 Å². The molecule has 33 heavy (non-hydrogen) atoms. The first-order valence-corrected chi connectivity index (χ1v) is 11.0. The Morgan fingerprint density at radius 1 is 1.06 bits per heavy atom. The number of fused-ring (bicyclic) bond motifs is 1. The normalized spacial score (nSPS) is 10.9. The number of carbonyl (C=O) groups excluding carboxylic acids is 2. The molecule has 8 nitrogen and oxygen atoms in total. The number of hydrogen-bond donors (Lipinski definition) is 3. The van der Waals surface area contributed by atoms with E-state index in [1.807, 2.05) is 6.92 Å². The molecule has 2 aromatic heterocycles. The molecule has 4 rings (SSSR count). The first kappa shape index (κ1) is 22.3. The Hall–Kier alpha value is -3.92. The van der Waals surface area contributed by atoms with Crippen molar-refractivity contribution in [2.45, 2.75) is 19.0 Å². The highest BCUT2D eigenvalue weighted by Crippen LogP contribution is 2.22. The number of thioether (sulfide) groups is 1. The molecule has 0 saturated heterocycles. The highest BCUT2D eigenvalue weighted by Gasteiger charge is 2.16. The molecule has 2 amide bonds. The lowest BCUT2D eigenvalue weighted by molar-refractivity contribution is -0.114. The minimum atomic E-state index is -0.422. The van der Waals surface area contributed by atoms with Crippen molar-refractivity contribution in [3.63, 3.8) is 0 Å².